The number of nitrogens with zero attached hydrogens (tertiary/aromatic N) is 2. The van der Waals surface area contributed by atoms with Crippen molar-refractivity contribution in [3.8, 4) is 0 Å². The topological polar surface area (TPSA) is 44.8 Å². The molecule has 2 fully saturated rings. The first-order chi connectivity index (χ1) is 13.2. The van der Waals surface area contributed by atoms with Crippen LogP contribution in [0.25, 0.3) is 10.8 Å². The van der Waals surface area contributed by atoms with Gasteiger partial charge in [-0.05, 0) is 29.3 Å². The number of amides is 1. The van der Waals surface area contributed by atoms with Gasteiger partial charge in [-0.2, -0.15) is 0 Å². The third-order valence-electron chi connectivity index (χ3n) is 5.51. The zero-order valence-electron chi connectivity index (χ0n) is 15.5. The number of hydrogen-bond donors (Lipinski definition) is 1. The van der Waals surface area contributed by atoms with E-state index in [1.54, 1.807) is 0 Å². The molecule has 2 heterocycles. The van der Waals surface area contributed by atoms with Crippen molar-refractivity contribution in [3.63, 3.8) is 0 Å². The summed E-state index contributed by atoms with van der Waals surface area (Å²) in [5, 5.41) is 4.64. The van der Waals surface area contributed by atoms with Gasteiger partial charge in [0.15, 0.2) is 0 Å². The summed E-state index contributed by atoms with van der Waals surface area (Å²) in [7, 11) is 0. The third kappa shape index (κ3) is 4.46. The number of likely N-dealkylation sites (tertiary alicyclic amines) is 1. The van der Waals surface area contributed by atoms with Gasteiger partial charge in [0, 0.05) is 45.3 Å². The summed E-state index contributed by atoms with van der Waals surface area (Å²) in [4.78, 5) is 17.6. The van der Waals surface area contributed by atoms with E-state index >= 15 is 0 Å². The van der Waals surface area contributed by atoms with Crippen LogP contribution in [-0.4, -0.2) is 74.2 Å². The number of ether oxygens (including phenoxy) is 1. The highest BCUT2D eigenvalue weighted by Gasteiger charge is 2.25. The predicted octanol–water partition coefficient (Wildman–Crippen LogP) is 2.12. The summed E-state index contributed by atoms with van der Waals surface area (Å²) in [6.07, 6.45) is 0.933. The van der Waals surface area contributed by atoms with Crippen molar-refractivity contribution in [3.05, 3.63) is 47.8 Å². The lowest BCUT2D eigenvalue weighted by Gasteiger charge is -2.28. The molecule has 0 spiro atoms. The van der Waals surface area contributed by atoms with E-state index in [1.807, 2.05) is 24.3 Å². The molecule has 1 atom stereocenters. The summed E-state index contributed by atoms with van der Waals surface area (Å²) in [5.41, 5.74) is 0.414. The molecule has 2 aliphatic heterocycles. The minimum Gasteiger partial charge on any atom is -0.379 e. The van der Waals surface area contributed by atoms with Gasteiger partial charge in [-0.3, -0.25) is 14.6 Å². The molecule has 0 saturated carbocycles. The average Bonchev–Trinajstić information content (AvgIpc) is 3.13. The highest BCUT2D eigenvalue weighted by Crippen LogP contribution is 2.21. The number of benzene rings is 2. The molecule has 0 radical (unpaired) electrons. The Morgan fingerprint density at radius 2 is 1.89 bits per heavy atom. The minimum atomic E-state index is -0.377. The van der Waals surface area contributed by atoms with Gasteiger partial charge in [0.25, 0.3) is 5.91 Å². The molecule has 0 bridgehead atoms. The number of hydrogen-bond acceptors (Lipinski definition) is 4. The van der Waals surface area contributed by atoms with E-state index in [9.17, 15) is 9.18 Å². The van der Waals surface area contributed by atoms with Crippen LogP contribution in [0.2, 0.25) is 0 Å². The number of carbonyl (C=O) groups is 1. The predicted molar refractivity (Wildman–Crippen MR) is 103 cm³/mol. The number of rotatable bonds is 5. The number of nitrogens with one attached hydrogen (secondary N) is 1. The second-order valence-corrected chi connectivity index (χ2v) is 7.39. The Morgan fingerprint density at radius 3 is 2.74 bits per heavy atom. The lowest BCUT2D eigenvalue weighted by molar-refractivity contribution is 0.0343. The molecule has 2 aromatic carbocycles. The normalized spacial score (nSPS) is 21.6. The van der Waals surface area contributed by atoms with Crippen molar-refractivity contribution >= 4 is 16.7 Å². The quantitative estimate of drug-likeness (QED) is 0.875. The third-order valence-corrected chi connectivity index (χ3v) is 5.51. The standard InChI is InChI=1S/C21H26FN3O2/c22-17-13-16-3-1-2-4-19(16)20(14-17)21(26)23-18-5-6-25(15-18)8-7-24-9-11-27-12-10-24/h1-4,13-14,18H,5-12,15H2,(H,23,26). The highest BCUT2D eigenvalue weighted by molar-refractivity contribution is 6.07. The van der Waals surface area contributed by atoms with Gasteiger partial charge in [0.05, 0.1) is 18.8 Å². The minimum absolute atomic E-state index is 0.115. The Labute approximate surface area is 159 Å². The molecule has 0 aromatic heterocycles. The molecule has 1 amide bonds. The van der Waals surface area contributed by atoms with E-state index in [4.69, 9.17) is 4.74 Å². The van der Waals surface area contributed by atoms with E-state index in [-0.39, 0.29) is 17.8 Å². The molecule has 6 heteroatoms. The summed E-state index contributed by atoms with van der Waals surface area (Å²) >= 11 is 0. The summed E-state index contributed by atoms with van der Waals surface area (Å²) in [6, 6.07) is 10.3. The largest absolute Gasteiger partial charge is 0.379 e. The first-order valence-electron chi connectivity index (χ1n) is 9.71. The van der Waals surface area contributed by atoms with Crippen molar-refractivity contribution in [2.24, 2.45) is 0 Å². The maximum absolute atomic E-state index is 13.9. The SMILES string of the molecule is O=C(NC1CCN(CCN2CCOCC2)C1)c1cc(F)cc2ccccc12. The second kappa shape index (κ2) is 8.33. The maximum atomic E-state index is 13.9. The monoisotopic (exact) mass is 371 g/mol. The number of morpholine rings is 1. The van der Waals surface area contributed by atoms with Crippen LogP contribution >= 0.6 is 0 Å². The van der Waals surface area contributed by atoms with Gasteiger partial charge in [-0.25, -0.2) is 4.39 Å². The van der Waals surface area contributed by atoms with Crippen LogP contribution in [0.1, 0.15) is 16.8 Å². The molecule has 144 valence electrons. The molecule has 2 aromatic rings. The molecular weight excluding hydrogens is 345 g/mol. The maximum Gasteiger partial charge on any atom is 0.252 e. The summed E-state index contributed by atoms with van der Waals surface area (Å²) < 4.78 is 19.3. The molecule has 4 rings (SSSR count). The molecule has 5 nitrogen and oxygen atoms in total. The smallest absolute Gasteiger partial charge is 0.252 e. The van der Waals surface area contributed by atoms with E-state index in [1.165, 1.54) is 12.1 Å². The molecule has 0 aliphatic carbocycles. The molecule has 1 N–H and O–H groups in total. The Kier molecular flexibility index (Phi) is 5.66. The van der Waals surface area contributed by atoms with E-state index < -0.39 is 0 Å². The van der Waals surface area contributed by atoms with Crippen LogP contribution in [0.5, 0.6) is 0 Å². The zero-order chi connectivity index (χ0) is 18.6. The number of fused-ring (bicyclic) bond motifs is 1. The first-order valence-corrected chi connectivity index (χ1v) is 9.71. The molecular formula is C21H26FN3O2. The van der Waals surface area contributed by atoms with Gasteiger partial charge >= 0.3 is 0 Å². The van der Waals surface area contributed by atoms with Crippen LogP contribution in [-0.2, 0) is 4.74 Å². The summed E-state index contributed by atoms with van der Waals surface area (Å²) in [5.74, 6) is -0.567. The number of carbonyl (C=O) groups excluding carboxylic acids is 1. The summed E-state index contributed by atoms with van der Waals surface area (Å²) in [6.45, 7) is 7.53. The van der Waals surface area contributed by atoms with E-state index in [2.05, 4.69) is 15.1 Å². The highest BCUT2D eigenvalue weighted by atomic mass is 19.1. The van der Waals surface area contributed by atoms with Crippen molar-refractivity contribution in [2.45, 2.75) is 12.5 Å². The lowest BCUT2D eigenvalue weighted by atomic mass is 10.0. The Balaban J connectivity index is 1.34. The average molecular weight is 371 g/mol. The lowest BCUT2D eigenvalue weighted by Crippen LogP contribution is -2.42. The van der Waals surface area contributed by atoms with Crippen LogP contribution in [0, 0.1) is 5.82 Å². The van der Waals surface area contributed by atoms with E-state index in [0.717, 1.165) is 69.7 Å². The van der Waals surface area contributed by atoms with Crippen molar-refractivity contribution in [1.82, 2.24) is 15.1 Å². The second-order valence-electron chi connectivity index (χ2n) is 7.39. The van der Waals surface area contributed by atoms with E-state index in [0.29, 0.717) is 5.56 Å². The van der Waals surface area contributed by atoms with Crippen LogP contribution in [0.4, 0.5) is 4.39 Å². The Hall–Kier alpha value is -2.02. The Morgan fingerprint density at radius 1 is 1.11 bits per heavy atom. The zero-order valence-corrected chi connectivity index (χ0v) is 15.5. The fourth-order valence-corrected chi connectivity index (χ4v) is 3.99. The Bertz CT molecular complexity index is 807. The first kappa shape index (κ1) is 18.3. The van der Waals surface area contributed by atoms with Gasteiger partial charge in [0.2, 0.25) is 0 Å². The van der Waals surface area contributed by atoms with Crippen LogP contribution in [0.15, 0.2) is 36.4 Å². The van der Waals surface area contributed by atoms with Gasteiger partial charge < -0.3 is 10.1 Å². The van der Waals surface area contributed by atoms with Crippen molar-refractivity contribution < 1.29 is 13.9 Å². The van der Waals surface area contributed by atoms with Gasteiger partial charge in [0.1, 0.15) is 5.82 Å². The van der Waals surface area contributed by atoms with Crippen LogP contribution < -0.4 is 5.32 Å². The van der Waals surface area contributed by atoms with Crippen molar-refractivity contribution in [2.75, 3.05) is 52.5 Å². The molecule has 27 heavy (non-hydrogen) atoms. The van der Waals surface area contributed by atoms with Gasteiger partial charge in [-0.1, -0.05) is 24.3 Å². The molecule has 2 saturated heterocycles. The van der Waals surface area contributed by atoms with Gasteiger partial charge in [-0.15, -0.1) is 0 Å². The molecule has 1 unspecified atom stereocenters. The van der Waals surface area contributed by atoms with Crippen molar-refractivity contribution in [1.29, 1.82) is 0 Å². The fourth-order valence-electron chi connectivity index (χ4n) is 3.99. The molecule has 2 aliphatic rings. The van der Waals surface area contributed by atoms with Crippen LogP contribution in [0.3, 0.4) is 0 Å². The fraction of sp³-hybridized carbons (Fsp3) is 0.476. The number of halogens is 1.